The van der Waals surface area contributed by atoms with Crippen LogP contribution < -0.4 is 15.0 Å². The smallest absolute Gasteiger partial charge is 0.282 e. The van der Waals surface area contributed by atoms with E-state index in [9.17, 15) is 9.18 Å². The molecule has 1 aromatic heterocycles. The van der Waals surface area contributed by atoms with Gasteiger partial charge in [-0.05, 0) is 69.5 Å². The second-order valence-corrected chi connectivity index (χ2v) is 10.9. The van der Waals surface area contributed by atoms with Crippen molar-refractivity contribution in [3.8, 4) is 11.5 Å². The van der Waals surface area contributed by atoms with E-state index in [1.165, 1.54) is 16.8 Å². The van der Waals surface area contributed by atoms with Crippen LogP contribution >= 0.6 is 31.9 Å². The molecule has 3 aromatic carbocycles. The zero-order chi connectivity index (χ0) is 26.0. The van der Waals surface area contributed by atoms with Crippen molar-refractivity contribution in [2.24, 2.45) is 5.10 Å². The van der Waals surface area contributed by atoms with E-state index in [-0.39, 0.29) is 18.0 Å². The molecule has 0 amide bonds. The average molecular weight is 617 g/mol. The Balaban J connectivity index is 1.71. The van der Waals surface area contributed by atoms with Crippen molar-refractivity contribution in [1.82, 2.24) is 9.66 Å². The second-order valence-electron chi connectivity index (χ2n) is 9.16. The molecule has 0 aliphatic rings. The molecule has 9 heteroatoms. The van der Waals surface area contributed by atoms with Gasteiger partial charge in [-0.3, -0.25) is 4.79 Å². The Hall–Kier alpha value is -3.04. The van der Waals surface area contributed by atoms with Crippen LogP contribution in [-0.2, 0) is 12.0 Å². The SMILES string of the molecule is COc1cc(C=Nn2c(C(C)(C)C)nc3ccc(Br)cc3c2=O)cc(Br)c1OCc1ccc(F)cc1. The highest BCUT2D eigenvalue weighted by molar-refractivity contribution is 9.10. The van der Waals surface area contributed by atoms with Gasteiger partial charge in [-0.15, -0.1) is 0 Å². The molecule has 0 unspecified atom stereocenters. The molecule has 0 radical (unpaired) electrons. The maximum atomic E-state index is 13.4. The Labute approximate surface area is 225 Å². The van der Waals surface area contributed by atoms with Gasteiger partial charge in [0.2, 0.25) is 0 Å². The number of methoxy groups -OCH3 is 1. The summed E-state index contributed by atoms with van der Waals surface area (Å²) in [4.78, 5) is 18.1. The van der Waals surface area contributed by atoms with Crippen molar-refractivity contribution in [2.75, 3.05) is 7.11 Å². The van der Waals surface area contributed by atoms with Gasteiger partial charge in [0.25, 0.3) is 5.56 Å². The second kappa shape index (κ2) is 10.5. The van der Waals surface area contributed by atoms with Crippen molar-refractivity contribution < 1.29 is 13.9 Å². The van der Waals surface area contributed by atoms with Gasteiger partial charge in [-0.2, -0.15) is 9.78 Å². The van der Waals surface area contributed by atoms with Crippen LogP contribution in [0.3, 0.4) is 0 Å². The van der Waals surface area contributed by atoms with Crippen LogP contribution in [0, 0.1) is 5.82 Å². The quantitative estimate of drug-likeness (QED) is 0.223. The fourth-order valence-corrected chi connectivity index (χ4v) is 4.49. The number of rotatable bonds is 6. The lowest BCUT2D eigenvalue weighted by Crippen LogP contribution is -2.29. The van der Waals surface area contributed by atoms with Gasteiger partial charge < -0.3 is 9.47 Å². The van der Waals surface area contributed by atoms with Crippen LogP contribution in [0.5, 0.6) is 11.5 Å². The van der Waals surface area contributed by atoms with E-state index >= 15 is 0 Å². The van der Waals surface area contributed by atoms with Crippen molar-refractivity contribution in [2.45, 2.75) is 32.8 Å². The fourth-order valence-electron chi connectivity index (χ4n) is 3.56. The summed E-state index contributed by atoms with van der Waals surface area (Å²) in [5.74, 6) is 1.23. The number of fused-ring (bicyclic) bond motifs is 1. The predicted octanol–water partition coefficient (Wildman–Crippen LogP) is 6.83. The molecule has 0 N–H and O–H groups in total. The molecule has 0 saturated heterocycles. The molecule has 0 aliphatic heterocycles. The highest BCUT2D eigenvalue weighted by atomic mass is 79.9. The molecular formula is C27H24Br2FN3O3. The van der Waals surface area contributed by atoms with Gasteiger partial charge in [0.15, 0.2) is 11.5 Å². The van der Waals surface area contributed by atoms with E-state index in [2.05, 4.69) is 37.0 Å². The van der Waals surface area contributed by atoms with Crippen molar-refractivity contribution >= 4 is 49.0 Å². The van der Waals surface area contributed by atoms with E-state index in [1.54, 1.807) is 37.6 Å². The standard InChI is InChI=1S/C27H24Br2FN3O3/c1-27(2,3)26-32-22-10-7-18(28)13-20(22)25(34)33(26)31-14-17-11-21(29)24(23(12-17)35-4)36-15-16-5-8-19(30)9-6-16/h5-14H,15H2,1-4H3. The van der Waals surface area contributed by atoms with Crippen LogP contribution in [0.25, 0.3) is 10.9 Å². The lowest BCUT2D eigenvalue weighted by atomic mass is 9.95. The molecule has 0 aliphatic carbocycles. The number of nitrogens with zero attached hydrogens (tertiary/aromatic N) is 3. The summed E-state index contributed by atoms with van der Waals surface area (Å²) in [6.45, 7) is 6.19. The summed E-state index contributed by atoms with van der Waals surface area (Å²) in [7, 11) is 1.54. The van der Waals surface area contributed by atoms with Gasteiger partial charge in [-0.1, -0.05) is 48.8 Å². The van der Waals surface area contributed by atoms with Crippen molar-refractivity contribution in [1.29, 1.82) is 0 Å². The Morgan fingerprint density at radius 3 is 2.47 bits per heavy atom. The molecule has 0 atom stereocenters. The number of halogens is 3. The number of hydrogen-bond donors (Lipinski definition) is 0. The summed E-state index contributed by atoms with van der Waals surface area (Å²) < 4.78 is 27.4. The number of benzene rings is 3. The summed E-state index contributed by atoms with van der Waals surface area (Å²) in [5, 5.41) is 4.99. The minimum absolute atomic E-state index is 0.241. The normalized spacial score (nSPS) is 11.9. The summed E-state index contributed by atoms with van der Waals surface area (Å²) in [6, 6.07) is 15.1. The Kier molecular flexibility index (Phi) is 7.61. The Bertz CT molecular complexity index is 1510. The van der Waals surface area contributed by atoms with Crippen LogP contribution in [0.1, 0.15) is 37.7 Å². The molecule has 0 spiro atoms. The van der Waals surface area contributed by atoms with E-state index in [0.29, 0.717) is 38.3 Å². The summed E-state index contributed by atoms with van der Waals surface area (Å²) in [5.41, 5.74) is 1.45. The van der Waals surface area contributed by atoms with Gasteiger partial charge in [0.1, 0.15) is 18.2 Å². The van der Waals surface area contributed by atoms with Crippen molar-refractivity contribution in [3.05, 3.63) is 96.7 Å². The van der Waals surface area contributed by atoms with Crippen LogP contribution in [0.15, 0.2) is 73.4 Å². The first-order valence-electron chi connectivity index (χ1n) is 11.1. The van der Waals surface area contributed by atoms with E-state index in [1.807, 2.05) is 39.0 Å². The van der Waals surface area contributed by atoms with E-state index < -0.39 is 5.41 Å². The highest BCUT2D eigenvalue weighted by Crippen LogP contribution is 2.37. The van der Waals surface area contributed by atoms with Crippen LogP contribution in [-0.4, -0.2) is 23.0 Å². The minimum Gasteiger partial charge on any atom is -0.493 e. The molecule has 0 fully saturated rings. The number of ether oxygens (including phenoxy) is 2. The monoisotopic (exact) mass is 615 g/mol. The third-order valence-corrected chi connectivity index (χ3v) is 6.43. The molecule has 186 valence electrons. The molecule has 0 saturated carbocycles. The maximum Gasteiger partial charge on any atom is 0.282 e. The van der Waals surface area contributed by atoms with Crippen LogP contribution in [0.4, 0.5) is 4.39 Å². The molecule has 36 heavy (non-hydrogen) atoms. The maximum absolute atomic E-state index is 13.4. The van der Waals surface area contributed by atoms with E-state index in [0.717, 1.165) is 10.0 Å². The third kappa shape index (κ3) is 5.68. The summed E-state index contributed by atoms with van der Waals surface area (Å²) in [6.07, 6.45) is 1.58. The Morgan fingerprint density at radius 1 is 1.08 bits per heavy atom. The minimum atomic E-state index is -0.423. The first kappa shape index (κ1) is 26.0. The average Bonchev–Trinajstić information content (AvgIpc) is 2.83. The fraction of sp³-hybridized carbons (Fsp3) is 0.222. The summed E-state index contributed by atoms with van der Waals surface area (Å²) >= 11 is 6.96. The van der Waals surface area contributed by atoms with Gasteiger partial charge in [0.05, 0.1) is 28.7 Å². The third-order valence-electron chi connectivity index (χ3n) is 5.35. The highest BCUT2D eigenvalue weighted by Gasteiger charge is 2.23. The van der Waals surface area contributed by atoms with E-state index in [4.69, 9.17) is 14.5 Å². The number of aromatic nitrogens is 2. The topological polar surface area (TPSA) is 65.7 Å². The molecular weight excluding hydrogens is 593 g/mol. The van der Waals surface area contributed by atoms with Crippen LogP contribution in [0.2, 0.25) is 0 Å². The van der Waals surface area contributed by atoms with Crippen molar-refractivity contribution in [3.63, 3.8) is 0 Å². The number of hydrogen-bond acceptors (Lipinski definition) is 5. The molecule has 4 rings (SSSR count). The molecule has 1 heterocycles. The molecule has 0 bridgehead atoms. The lowest BCUT2D eigenvalue weighted by Gasteiger charge is -2.21. The first-order chi connectivity index (χ1) is 17.1. The van der Waals surface area contributed by atoms with Gasteiger partial charge >= 0.3 is 0 Å². The lowest BCUT2D eigenvalue weighted by molar-refractivity contribution is 0.282. The predicted molar refractivity (Wildman–Crippen MR) is 147 cm³/mol. The largest absolute Gasteiger partial charge is 0.493 e. The molecule has 6 nitrogen and oxygen atoms in total. The van der Waals surface area contributed by atoms with Gasteiger partial charge in [-0.25, -0.2) is 9.37 Å². The van der Waals surface area contributed by atoms with Gasteiger partial charge in [0, 0.05) is 9.89 Å². The molecule has 4 aromatic rings. The zero-order valence-electron chi connectivity index (χ0n) is 20.2. The first-order valence-corrected chi connectivity index (χ1v) is 12.7. The zero-order valence-corrected chi connectivity index (χ0v) is 23.4. The Morgan fingerprint density at radius 2 is 1.81 bits per heavy atom.